The Morgan fingerprint density at radius 1 is 0.583 bits per heavy atom. The van der Waals surface area contributed by atoms with Gasteiger partial charge in [0.15, 0.2) is 5.78 Å². The van der Waals surface area contributed by atoms with E-state index in [0.717, 1.165) is 61.7 Å². The molecule has 33 nitrogen and oxygen atoms in total. The number of thiophene rings is 3. The van der Waals surface area contributed by atoms with Crippen LogP contribution in [0.5, 0.6) is 0 Å². The Morgan fingerprint density at radius 3 is 1.69 bits per heavy atom. The number of anilines is 3. The normalized spacial score (nSPS) is 23.3. The van der Waals surface area contributed by atoms with Crippen LogP contribution in [-0.4, -0.2) is 179 Å². The molecule has 3 aromatic carbocycles. The van der Waals surface area contributed by atoms with E-state index in [1.807, 2.05) is 85.1 Å². The molecule has 40 heteroatoms. The topological polar surface area (TPSA) is 496 Å². The van der Waals surface area contributed by atoms with Crippen LogP contribution in [-0.2, 0) is 70.6 Å². The van der Waals surface area contributed by atoms with Crippen molar-refractivity contribution in [1.29, 1.82) is 0 Å². The van der Waals surface area contributed by atoms with Gasteiger partial charge in [-0.15, -0.1) is 34.0 Å². The standard InChI is InChI=1S/C26H28N6O6S2.C25H27ClN4O6S2.C24H24N4O7S2/c1-14-17(24-26-31-19-4-2-3-5-20(19)32(26)6-7-37-24)10-22(39-14)23(34)18-11-28-13-29-25(18)30-16-8-15(21(33)9-16)12-38-40(27,35)36;26-16-4-3-14-2-1-7-35-24(18(14)9-16)22-6-5-21(37-22)23(32)19-11-28-13-29-25(19)30-17-8-15(20(31)10-17)12-36-38(27,33)34;25-37(32,33)35-9-13-5-15(7-19(13)29)28-24-18(8-26-12-27-24)22(31)21-6-14(11-36-21)23-17-4-2-1-3-16(17)20(30)10-34-23/h2-5,10-11,13,15-16,21,24,33H,6-9,12H2,1H3,(H2,27,35,36)(H,28,29,30);3-6,9,11,13,15,17,20,24,31H,1-2,7-8,10,12H2,(H2,27,33,34)(H,28,29,30);1-4,6,8,11-13,15,19,23,29H,5,7,9-10H2,(H2,25,32,33)(H,26,27,28)/t15-,16-,21+,24?;15-,17-,20+,24?;13-,15-,19+,23?/m111/s1. The number of ketones is 4. The number of halogens is 1. The number of aliphatic hydroxyl groups excluding tert-OH is 3. The lowest BCUT2D eigenvalue weighted by Crippen LogP contribution is -2.24. The van der Waals surface area contributed by atoms with Crippen LogP contribution in [0.1, 0.15) is 163 Å². The fraction of sp³-hybridized carbons (Fsp3) is 0.373. The van der Waals surface area contributed by atoms with E-state index in [2.05, 4.69) is 63.0 Å². The van der Waals surface area contributed by atoms with Crippen LogP contribution in [0.3, 0.4) is 0 Å². The molecule has 0 bridgehead atoms. The molecular weight excluding hydrogens is 1630 g/mol. The third kappa shape index (κ3) is 19.9. The number of ether oxygens (including phenoxy) is 3. The Balaban J connectivity index is 0.000000143. The zero-order chi connectivity index (χ0) is 81.0. The summed E-state index contributed by atoms with van der Waals surface area (Å²) in [5.41, 5.74) is 8.07. The van der Waals surface area contributed by atoms with E-state index in [1.165, 1.54) is 77.1 Å². The number of nitrogens with zero attached hydrogens (tertiary/aromatic N) is 8. The lowest BCUT2D eigenvalue weighted by molar-refractivity contribution is 0.0441. The number of rotatable bonds is 24. The van der Waals surface area contributed by atoms with Gasteiger partial charge in [0.2, 0.25) is 17.3 Å². The molecule has 0 saturated heterocycles. The molecule has 0 radical (unpaired) electrons. The van der Waals surface area contributed by atoms with Crippen molar-refractivity contribution in [2.45, 2.75) is 120 Å². The molecule has 16 rings (SSSR count). The number of imidazole rings is 1. The number of aliphatic hydroxyl groups is 3. The third-order valence-electron chi connectivity index (χ3n) is 20.6. The highest BCUT2D eigenvalue weighted by Gasteiger charge is 2.40. The first-order valence-electron chi connectivity index (χ1n) is 36.4. The molecular formula is C75H79ClN14O19S6. The monoisotopic (exact) mass is 1710 g/mol. The quantitative estimate of drug-likeness (QED) is 0.0266. The molecule has 3 aliphatic carbocycles. The van der Waals surface area contributed by atoms with E-state index in [-0.39, 0.29) is 85.5 Å². The highest BCUT2D eigenvalue weighted by atomic mass is 35.5. The van der Waals surface area contributed by atoms with E-state index in [9.17, 15) is 59.8 Å². The molecule has 7 aromatic heterocycles. The molecule has 3 unspecified atom stereocenters. The molecule has 3 saturated carbocycles. The van der Waals surface area contributed by atoms with Crippen molar-refractivity contribution in [1.82, 2.24) is 39.5 Å². The van der Waals surface area contributed by atoms with E-state index < -0.39 is 73.1 Å². The number of Topliss-reactive ketones (excluding diaryl/α,β-unsaturated/α-hetero) is 1. The number of aromatic nitrogens is 8. The van der Waals surface area contributed by atoms with Gasteiger partial charge in [-0.2, -0.15) is 25.3 Å². The van der Waals surface area contributed by atoms with E-state index in [1.54, 1.807) is 18.2 Å². The summed E-state index contributed by atoms with van der Waals surface area (Å²) in [6.07, 6.45) is 8.85. The Labute approximate surface area is 677 Å². The molecule has 6 aliphatic rings. The van der Waals surface area contributed by atoms with Gasteiger partial charge in [-0.1, -0.05) is 54.1 Å². The minimum absolute atomic E-state index is 0.0299. The van der Waals surface area contributed by atoms with Crippen LogP contribution >= 0.6 is 45.6 Å². The summed E-state index contributed by atoms with van der Waals surface area (Å²) in [6, 6.07) is 27.6. The average molecular weight is 1710 g/mol. The van der Waals surface area contributed by atoms with Crippen molar-refractivity contribution in [3.8, 4) is 0 Å². The second kappa shape index (κ2) is 35.6. The van der Waals surface area contributed by atoms with Crippen molar-refractivity contribution < 1.29 is 86.5 Å². The number of fused-ring (bicyclic) bond motifs is 5. The van der Waals surface area contributed by atoms with Crippen molar-refractivity contribution in [2.75, 3.05) is 55.6 Å². The zero-order valence-corrected chi connectivity index (χ0v) is 66.9. The number of aryl methyl sites for hydroxylation is 2. The predicted octanol–water partition coefficient (Wildman–Crippen LogP) is 7.41. The maximum atomic E-state index is 13.7. The van der Waals surface area contributed by atoms with Crippen LogP contribution in [0, 0.1) is 24.7 Å². The first kappa shape index (κ1) is 82.7. The molecule has 0 spiro atoms. The van der Waals surface area contributed by atoms with Crippen LogP contribution in [0.25, 0.3) is 11.0 Å². The Morgan fingerprint density at radius 2 is 1.11 bits per heavy atom. The molecule has 3 aliphatic heterocycles. The summed E-state index contributed by atoms with van der Waals surface area (Å²) in [5, 5.41) is 57.8. The van der Waals surface area contributed by atoms with Crippen LogP contribution in [0.4, 0.5) is 17.5 Å². The SMILES string of the molecule is Cc1sc(C(=O)c2cncnc2N[C@@H]2C[C@H](COS(N)(=O)=O)[C@@H](O)C2)cc1C1OCCn2c1nc1ccccc12.NS(=O)(=O)OC[C@H]1C[C@@H](Nc2ncncc2C(=O)c2cc(C3OCC(=O)c4ccccc43)cs2)C[C@@H]1O.NS(=O)(=O)OC[C@H]1C[C@@H](Nc2ncncc2C(=O)c2ccc(C3OCCCc4ccc(Cl)cc43)s2)C[C@@H]1O. The molecule has 115 heavy (non-hydrogen) atoms. The smallest absolute Gasteiger partial charge is 0.333 e. The van der Waals surface area contributed by atoms with Crippen molar-refractivity contribution >= 4 is 128 Å². The van der Waals surface area contributed by atoms with Crippen LogP contribution < -0.4 is 31.4 Å². The summed E-state index contributed by atoms with van der Waals surface area (Å²) in [4.78, 5) is 85.9. The highest BCUT2D eigenvalue weighted by molar-refractivity contribution is 7.84. The van der Waals surface area contributed by atoms with Crippen molar-refractivity contribution in [3.05, 3.63) is 219 Å². The summed E-state index contributed by atoms with van der Waals surface area (Å²) in [5.74, 6) is -0.330. The fourth-order valence-corrected chi connectivity index (χ4v) is 19.3. The first-order valence-corrected chi connectivity index (χ1v) is 43.7. The van der Waals surface area contributed by atoms with Crippen molar-refractivity contribution in [3.63, 3.8) is 0 Å². The van der Waals surface area contributed by atoms with Gasteiger partial charge < -0.3 is 50.0 Å². The number of para-hydroxylation sites is 2. The summed E-state index contributed by atoms with van der Waals surface area (Å²) in [6.45, 7) is 3.12. The number of hydrogen-bond acceptors (Lipinski definition) is 32. The minimum atomic E-state index is -4.11. The van der Waals surface area contributed by atoms with E-state index in [4.69, 9.17) is 46.2 Å². The second-order valence-electron chi connectivity index (χ2n) is 28.4. The second-order valence-corrected chi connectivity index (χ2v) is 35.8. The number of benzene rings is 3. The fourth-order valence-electron chi connectivity index (χ4n) is 15.2. The number of carbonyl (C=O) groups is 4. The molecule has 10 heterocycles. The first-order chi connectivity index (χ1) is 55.0. The molecule has 606 valence electrons. The highest BCUT2D eigenvalue weighted by Crippen LogP contribution is 2.43. The van der Waals surface area contributed by atoms with Gasteiger partial charge in [0.25, 0.3) is 0 Å². The minimum Gasteiger partial charge on any atom is -0.393 e. The van der Waals surface area contributed by atoms with Gasteiger partial charge in [-0.25, -0.2) is 50.3 Å². The Hall–Kier alpha value is -8.79. The summed E-state index contributed by atoms with van der Waals surface area (Å²) < 4.78 is 101. The molecule has 3 fully saturated rings. The number of carbonyl (C=O) groups excluding carboxylic acids is 4. The van der Waals surface area contributed by atoms with E-state index in [0.29, 0.717) is 112 Å². The maximum absolute atomic E-state index is 13.7. The summed E-state index contributed by atoms with van der Waals surface area (Å²) in [7, 11) is -12.3. The largest absolute Gasteiger partial charge is 0.393 e. The zero-order valence-electron chi connectivity index (χ0n) is 61.2. The van der Waals surface area contributed by atoms with Gasteiger partial charge in [0, 0.05) is 93.5 Å². The maximum Gasteiger partial charge on any atom is 0.333 e. The van der Waals surface area contributed by atoms with Gasteiger partial charge in [-0.3, -0.25) is 31.7 Å². The molecule has 12 N–H and O–H groups in total. The number of nitrogens with one attached hydrogen (secondary N) is 3. The lowest BCUT2D eigenvalue weighted by atomic mass is 9.93. The van der Waals surface area contributed by atoms with Gasteiger partial charge >= 0.3 is 30.9 Å². The van der Waals surface area contributed by atoms with Crippen LogP contribution in [0.15, 0.2) is 134 Å². The number of nitrogens with two attached hydrogens (primary N) is 3. The predicted molar refractivity (Wildman–Crippen MR) is 423 cm³/mol. The third-order valence-corrected chi connectivity index (χ3v) is 25.4. The summed E-state index contributed by atoms with van der Waals surface area (Å²) >= 11 is 10.3. The van der Waals surface area contributed by atoms with E-state index >= 15 is 0 Å². The van der Waals surface area contributed by atoms with Gasteiger partial charge in [-0.05, 0) is 134 Å². The van der Waals surface area contributed by atoms with Gasteiger partial charge in [0.1, 0.15) is 67.2 Å². The van der Waals surface area contributed by atoms with Crippen LogP contribution in [0.2, 0.25) is 5.02 Å². The van der Waals surface area contributed by atoms with Gasteiger partial charge in [0.05, 0.1) is 87.1 Å². The Kier molecular flexibility index (Phi) is 25.6. The van der Waals surface area contributed by atoms with Crippen molar-refractivity contribution in [2.24, 2.45) is 33.2 Å². The lowest BCUT2D eigenvalue weighted by Gasteiger charge is -2.24. The molecule has 10 aromatic rings. The number of hydrogen-bond donors (Lipinski definition) is 9. The molecule has 12 atom stereocenters. The Bertz CT molecular complexity index is 5640. The average Bonchev–Trinajstić information content (AvgIpc) is 1.60. The molecule has 0 amide bonds.